The number of nitriles is 1. The normalized spacial score (nSPS) is 11.6. The van der Waals surface area contributed by atoms with Crippen molar-refractivity contribution in [1.82, 2.24) is 4.72 Å². The number of benzene rings is 1. The number of nitrogens with zero attached hydrogens (tertiary/aromatic N) is 1. The molecule has 1 aromatic carbocycles. The van der Waals surface area contributed by atoms with Crippen molar-refractivity contribution in [3.63, 3.8) is 0 Å². The molecule has 1 N–H and O–H groups in total. The molecule has 0 radical (unpaired) electrons. The van der Waals surface area contributed by atoms with Crippen LogP contribution < -0.4 is 4.72 Å². The van der Waals surface area contributed by atoms with Crippen molar-refractivity contribution in [2.75, 3.05) is 13.2 Å². The van der Waals surface area contributed by atoms with E-state index in [0.717, 1.165) is 6.07 Å². The van der Waals surface area contributed by atoms with Gasteiger partial charge in [-0.05, 0) is 32.4 Å². The number of hydrogen-bond acceptors (Lipinski definition) is 4. The van der Waals surface area contributed by atoms with Crippen LogP contribution in [0.15, 0.2) is 23.1 Å². The van der Waals surface area contributed by atoms with Gasteiger partial charge in [0.15, 0.2) is 0 Å². The Morgan fingerprint density at radius 3 is 2.75 bits per heavy atom. The number of halogens is 1. The number of sulfonamides is 1. The summed E-state index contributed by atoms with van der Waals surface area (Å²) in [4.78, 5) is -0.343. The second-order valence-corrected chi connectivity index (χ2v) is 6.13. The Bertz CT molecular complexity index is 594. The summed E-state index contributed by atoms with van der Waals surface area (Å²) in [6.45, 7) is 4.36. The Kier molecular flexibility index (Phi) is 6.07. The van der Waals surface area contributed by atoms with Crippen LogP contribution in [0.25, 0.3) is 0 Å². The van der Waals surface area contributed by atoms with Crippen molar-refractivity contribution >= 4 is 10.0 Å². The molecule has 20 heavy (non-hydrogen) atoms. The molecule has 0 unspecified atom stereocenters. The first kappa shape index (κ1) is 16.6. The van der Waals surface area contributed by atoms with Crippen LogP contribution in [0.3, 0.4) is 0 Å². The summed E-state index contributed by atoms with van der Waals surface area (Å²) < 4.78 is 45.0. The van der Waals surface area contributed by atoms with E-state index in [-0.39, 0.29) is 17.5 Å². The summed E-state index contributed by atoms with van der Waals surface area (Å²) in [7, 11) is -3.89. The third-order valence-electron chi connectivity index (χ3n) is 2.44. The third-order valence-corrected chi connectivity index (χ3v) is 3.94. The van der Waals surface area contributed by atoms with E-state index in [1.807, 2.05) is 13.8 Å². The van der Waals surface area contributed by atoms with Gasteiger partial charge < -0.3 is 4.74 Å². The second kappa shape index (κ2) is 7.33. The highest BCUT2D eigenvalue weighted by atomic mass is 32.2. The van der Waals surface area contributed by atoms with E-state index < -0.39 is 21.4 Å². The second-order valence-electron chi connectivity index (χ2n) is 4.40. The molecule has 1 aromatic rings. The largest absolute Gasteiger partial charge is 0.379 e. The lowest BCUT2D eigenvalue weighted by Crippen LogP contribution is -2.26. The summed E-state index contributed by atoms with van der Waals surface area (Å²) in [6, 6.07) is 5.08. The zero-order chi connectivity index (χ0) is 15.2. The van der Waals surface area contributed by atoms with Gasteiger partial charge in [0.1, 0.15) is 22.3 Å². The molecule has 5 nitrogen and oxygen atoms in total. The molecule has 0 saturated heterocycles. The lowest BCUT2D eigenvalue weighted by Gasteiger charge is -2.10. The van der Waals surface area contributed by atoms with Crippen LogP contribution in [0.1, 0.15) is 25.8 Å². The van der Waals surface area contributed by atoms with E-state index in [9.17, 15) is 12.8 Å². The first-order valence-electron chi connectivity index (χ1n) is 6.18. The maximum Gasteiger partial charge on any atom is 0.241 e. The van der Waals surface area contributed by atoms with Gasteiger partial charge in [0.25, 0.3) is 0 Å². The van der Waals surface area contributed by atoms with Gasteiger partial charge in [-0.3, -0.25) is 0 Å². The summed E-state index contributed by atoms with van der Waals surface area (Å²) in [5.41, 5.74) is -0.474. The average Bonchev–Trinajstić information content (AvgIpc) is 2.37. The van der Waals surface area contributed by atoms with Crippen LogP contribution in [0, 0.1) is 17.1 Å². The van der Waals surface area contributed by atoms with Crippen molar-refractivity contribution in [3.05, 3.63) is 29.6 Å². The molecule has 0 aromatic heterocycles. The fraction of sp³-hybridized carbons (Fsp3) is 0.462. The zero-order valence-corrected chi connectivity index (χ0v) is 12.2. The van der Waals surface area contributed by atoms with Crippen molar-refractivity contribution in [1.29, 1.82) is 5.26 Å². The van der Waals surface area contributed by atoms with Gasteiger partial charge in [-0.25, -0.2) is 17.5 Å². The Labute approximate surface area is 118 Å². The van der Waals surface area contributed by atoms with Crippen molar-refractivity contribution in [2.24, 2.45) is 0 Å². The highest BCUT2D eigenvalue weighted by Gasteiger charge is 2.20. The number of ether oxygens (including phenoxy) is 1. The standard InChI is InChI=1S/C13H17FN2O3S/c1-10(2)19-8-4-7-16-20(17,18)13-6-3-5-12(14)11(13)9-15/h3,5-6,10,16H,4,7-8H2,1-2H3. The summed E-state index contributed by atoms with van der Waals surface area (Å²) in [5.74, 6) is -0.849. The van der Waals surface area contributed by atoms with Crippen LogP contribution in [-0.2, 0) is 14.8 Å². The lowest BCUT2D eigenvalue weighted by molar-refractivity contribution is 0.0778. The van der Waals surface area contributed by atoms with Crippen LogP contribution in [0.2, 0.25) is 0 Å². The molecule has 7 heteroatoms. The average molecular weight is 300 g/mol. The minimum absolute atomic E-state index is 0.0833. The van der Waals surface area contributed by atoms with Crippen LogP contribution >= 0.6 is 0 Å². The smallest absolute Gasteiger partial charge is 0.241 e. The maximum atomic E-state index is 13.4. The van der Waals surface area contributed by atoms with E-state index in [1.165, 1.54) is 12.1 Å². The molecule has 0 bridgehead atoms. The number of hydrogen-bond donors (Lipinski definition) is 1. The van der Waals surface area contributed by atoms with Gasteiger partial charge >= 0.3 is 0 Å². The summed E-state index contributed by atoms with van der Waals surface area (Å²) in [6.07, 6.45) is 0.578. The van der Waals surface area contributed by atoms with Crippen molar-refractivity contribution in [2.45, 2.75) is 31.3 Å². The van der Waals surface area contributed by atoms with Gasteiger partial charge in [0, 0.05) is 13.2 Å². The molecule has 0 saturated carbocycles. The minimum atomic E-state index is -3.89. The Morgan fingerprint density at radius 1 is 1.45 bits per heavy atom. The first-order chi connectivity index (χ1) is 9.38. The predicted molar refractivity (Wildman–Crippen MR) is 72.0 cm³/mol. The fourth-order valence-corrected chi connectivity index (χ4v) is 2.75. The van der Waals surface area contributed by atoms with E-state index in [0.29, 0.717) is 13.0 Å². The highest BCUT2D eigenvalue weighted by molar-refractivity contribution is 7.89. The Balaban J connectivity index is 2.71. The summed E-state index contributed by atoms with van der Waals surface area (Å²) in [5, 5.41) is 8.83. The quantitative estimate of drug-likeness (QED) is 0.779. The van der Waals surface area contributed by atoms with Crippen molar-refractivity contribution < 1.29 is 17.5 Å². The lowest BCUT2D eigenvalue weighted by atomic mass is 10.2. The molecule has 0 aliphatic heterocycles. The highest BCUT2D eigenvalue weighted by Crippen LogP contribution is 2.17. The Morgan fingerprint density at radius 2 is 2.15 bits per heavy atom. The molecule has 0 heterocycles. The molecule has 0 amide bonds. The van der Waals surface area contributed by atoms with Gasteiger partial charge in [-0.2, -0.15) is 5.26 Å². The monoisotopic (exact) mass is 300 g/mol. The molecule has 0 spiro atoms. The molecule has 0 aliphatic carbocycles. The molecule has 0 atom stereocenters. The topological polar surface area (TPSA) is 79.2 Å². The van der Waals surface area contributed by atoms with Gasteiger partial charge in [-0.15, -0.1) is 0 Å². The number of rotatable bonds is 7. The third kappa shape index (κ3) is 4.56. The van der Waals surface area contributed by atoms with Crippen molar-refractivity contribution in [3.8, 4) is 6.07 Å². The van der Waals surface area contributed by atoms with E-state index in [1.54, 1.807) is 6.07 Å². The molecular weight excluding hydrogens is 283 g/mol. The van der Waals surface area contributed by atoms with Crippen LogP contribution in [-0.4, -0.2) is 27.7 Å². The van der Waals surface area contributed by atoms with Gasteiger partial charge in [0.2, 0.25) is 10.0 Å². The van der Waals surface area contributed by atoms with Crippen LogP contribution in [0.5, 0.6) is 0 Å². The van der Waals surface area contributed by atoms with E-state index >= 15 is 0 Å². The van der Waals surface area contributed by atoms with Gasteiger partial charge in [0.05, 0.1) is 6.10 Å². The molecule has 0 aliphatic rings. The van der Waals surface area contributed by atoms with E-state index in [2.05, 4.69) is 4.72 Å². The van der Waals surface area contributed by atoms with Crippen LogP contribution in [0.4, 0.5) is 4.39 Å². The fourth-order valence-electron chi connectivity index (χ4n) is 1.51. The zero-order valence-electron chi connectivity index (χ0n) is 11.4. The minimum Gasteiger partial charge on any atom is -0.379 e. The Hall–Kier alpha value is -1.49. The molecule has 0 fully saturated rings. The predicted octanol–water partition coefficient (Wildman–Crippen LogP) is 1.79. The molecular formula is C13H17FN2O3S. The first-order valence-corrected chi connectivity index (χ1v) is 7.66. The summed E-state index contributed by atoms with van der Waals surface area (Å²) >= 11 is 0. The number of nitrogens with one attached hydrogen (secondary N) is 1. The van der Waals surface area contributed by atoms with Gasteiger partial charge in [-0.1, -0.05) is 6.07 Å². The maximum absolute atomic E-state index is 13.4. The van der Waals surface area contributed by atoms with E-state index in [4.69, 9.17) is 10.00 Å². The molecule has 110 valence electrons. The SMILES string of the molecule is CC(C)OCCCNS(=O)(=O)c1cccc(F)c1C#N. The molecule has 1 rings (SSSR count).